The Morgan fingerprint density at radius 3 is 2.00 bits per heavy atom. The fraction of sp³-hybridized carbons (Fsp3) is 0.350. The number of rotatable bonds is 7. The molecule has 0 saturated carbocycles. The molecule has 0 aliphatic carbocycles. The van der Waals surface area contributed by atoms with Crippen molar-refractivity contribution in [1.29, 1.82) is 0 Å². The lowest BCUT2D eigenvalue weighted by molar-refractivity contribution is -0.128. The van der Waals surface area contributed by atoms with E-state index in [2.05, 4.69) is 0 Å². The number of carbonyl (C=O) groups is 1. The van der Waals surface area contributed by atoms with Gasteiger partial charge in [-0.05, 0) is 24.0 Å². The highest BCUT2D eigenvalue weighted by Gasteiger charge is 2.41. The number of carbonyl (C=O) groups excluding carboxylic acids is 1. The predicted molar refractivity (Wildman–Crippen MR) is 90.0 cm³/mol. The summed E-state index contributed by atoms with van der Waals surface area (Å²) in [7, 11) is 0. The second kappa shape index (κ2) is 7.37. The molecule has 116 valence electrons. The number of benzene rings is 2. The molecule has 2 aromatic carbocycles. The Morgan fingerprint density at radius 1 is 1.00 bits per heavy atom. The van der Waals surface area contributed by atoms with E-state index in [0.717, 1.165) is 17.5 Å². The van der Waals surface area contributed by atoms with Crippen LogP contribution in [0.5, 0.6) is 0 Å². The molecule has 1 N–H and O–H groups in total. The molecule has 0 aromatic heterocycles. The summed E-state index contributed by atoms with van der Waals surface area (Å²) in [5, 5.41) is 10.1. The zero-order valence-electron chi connectivity index (χ0n) is 13.3. The lowest BCUT2D eigenvalue weighted by Crippen LogP contribution is -2.42. The molecule has 0 heterocycles. The minimum Gasteiger partial charge on any atom is -0.395 e. The Bertz CT molecular complexity index is 586. The molecular weight excluding hydrogens is 272 g/mol. The van der Waals surface area contributed by atoms with Crippen LogP contribution in [0.3, 0.4) is 0 Å². The lowest BCUT2D eigenvalue weighted by atomic mass is 9.69. The Balaban J connectivity index is 2.46. The summed E-state index contributed by atoms with van der Waals surface area (Å²) in [6.07, 6.45) is 1.33. The van der Waals surface area contributed by atoms with Crippen LogP contribution in [-0.2, 0) is 10.2 Å². The fourth-order valence-electron chi connectivity index (χ4n) is 3.15. The third-order valence-electron chi connectivity index (χ3n) is 4.60. The van der Waals surface area contributed by atoms with E-state index < -0.39 is 5.41 Å². The van der Waals surface area contributed by atoms with Crippen molar-refractivity contribution in [2.75, 3.05) is 6.61 Å². The van der Waals surface area contributed by atoms with Crippen molar-refractivity contribution in [3.05, 3.63) is 71.8 Å². The Kier molecular flexibility index (Phi) is 5.51. The first kappa shape index (κ1) is 16.4. The van der Waals surface area contributed by atoms with Crippen LogP contribution in [0.15, 0.2) is 60.7 Å². The van der Waals surface area contributed by atoms with Crippen molar-refractivity contribution >= 4 is 5.78 Å². The maximum absolute atomic E-state index is 13.3. The Morgan fingerprint density at radius 2 is 1.55 bits per heavy atom. The molecule has 2 atom stereocenters. The number of aliphatic hydroxyl groups is 1. The van der Waals surface area contributed by atoms with Crippen LogP contribution in [0.25, 0.3) is 0 Å². The zero-order chi connectivity index (χ0) is 16.0. The highest BCUT2D eigenvalue weighted by molar-refractivity contribution is 5.95. The summed E-state index contributed by atoms with van der Waals surface area (Å²) in [6, 6.07) is 19.5. The molecule has 0 spiro atoms. The predicted octanol–water partition coefficient (Wildman–Crippen LogP) is 4.09. The highest BCUT2D eigenvalue weighted by atomic mass is 16.3. The first-order valence-corrected chi connectivity index (χ1v) is 7.95. The smallest absolute Gasteiger partial charge is 0.153 e. The summed E-state index contributed by atoms with van der Waals surface area (Å²) in [4.78, 5) is 13.3. The lowest BCUT2D eigenvalue weighted by Gasteiger charge is -2.33. The molecule has 0 bridgehead atoms. The van der Waals surface area contributed by atoms with Crippen LogP contribution in [0, 0.1) is 0 Å². The average Bonchev–Trinajstić information content (AvgIpc) is 2.59. The van der Waals surface area contributed by atoms with Crippen LogP contribution in [0.4, 0.5) is 0 Å². The van der Waals surface area contributed by atoms with Crippen LogP contribution in [-0.4, -0.2) is 17.5 Å². The van der Waals surface area contributed by atoms with Crippen molar-refractivity contribution < 1.29 is 9.90 Å². The summed E-state index contributed by atoms with van der Waals surface area (Å²) >= 11 is 0. The third kappa shape index (κ3) is 2.97. The van der Waals surface area contributed by atoms with Gasteiger partial charge in [0, 0.05) is 5.92 Å². The van der Waals surface area contributed by atoms with Crippen molar-refractivity contribution in [1.82, 2.24) is 0 Å². The van der Waals surface area contributed by atoms with Gasteiger partial charge >= 0.3 is 0 Å². The molecule has 2 aromatic rings. The fourth-order valence-corrected chi connectivity index (χ4v) is 3.15. The Labute approximate surface area is 132 Å². The van der Waals surface area contributed by atoms with Gasteiger partial charge in [0.15, 0.2) is 5.78 Å². The van der Waals surface area contributed by atoms with E-state index in [1.54, 1.807) is 0 Å². The molecule has 22 heavy (non-hydrogen) atoms. The van der Waals surface area contributed by atoms with E-state index in [9.17, 15) is 9.90 Å². The molecular formula is C20H24O2. The molecule has 2 nitrogen and oxygen atoms in total. The van der Waals surface area contributed by atoms with Crippen LogP contribution >= 0.6 is 0 Å². The van der Waals surface area contributed by atoms with Crippen molar-refractivity contribution in [2.45, 2.75) is 38.0 Å². The molecule has 0 unspecified atom stereocenters. The topological polar surface area (TPSA) is 37.3 Å². The largest absolute Gasteiger partial charge is 0.395 e. The number of ketones is 1. The van der Waals surface area contributed by atoms with Crippen molar-refractivity contribution in [3.63, 3.8) is 0 Å². The number of aliphatic hydroxyl groups excluding tert-OH is 1. The van der Waals surface area contributed by atoms with Crippen LogP contribution in [0.2, 0.25) is 0 Å². The van der Waals surface area contributed by atoms with Gasteiger partial charge in [-0.1, -0.05) is 74.5 Å². The van der Waals surface area contributed by atoms with Gasteiger partial charge in [0.1, 0.15) is 0 Å². The summed E-state index contributed by atoms with van der Waals surface area (Å²) in [5.74, 6) is -0.0779. The van der Waals surface area contributed by atoms with Gasteiger partial charge < -0.3 is 5.11 Å². The number of hydrogen-bond donors (Lipinski definition) is 1. The van der Waals surface area contributed by atoms with Gasteiger partial charge in [0.25, 0.3) is 0 Å². The van der Waals surface area contributed by atoms with Gasteiger partial charge in [-0.25, -0.2) is 0 Å². The van der Waals surface area contributed by atoms with Crippen LogP contribution < -0.4 is 0 Å². The third-order valence-corrected chi connectivity index (χ3v) is 4.60. The summed E-state index contributed by atoms with van der Waals surface area (Å²) < 4.78 is 0. The molecule has 0 amide bonds. The van der Waals surface area contributed by atoms with E-state index in [0.29, 0.717) is 6.42 Å². The maximum Gasteiger partial charge on any atom is 0.153 e. The molecule has 0 aliphatic rings. The molecule has 0 radical (unpaired) electrons. The zero-order valence-corrected chi connectivity index (χ0v) is 13.3. The molecule has 0 saturated heterocycles. The number of hydrogen-bond acceptors (Lipinski definition) is 2. The molecule has 2 rings (SSSR count). The van der Waals surface area contributed by atoms with Gasteiger partial charge in [0.2, 0.25) is 0 Å². The standard InChI is InChI=1S/C20H24O2/c1-3-18(16-11-7-5-8-12-16)19(22)20(4-2,15-21)17-13-9-6-10-14-17/h5-14,18,21H,3-4,15H2,1-2H3/t18-,20+/m1/s1. The maximum atomic E-state index is 13.3. The molecule has 0 aliphatic heterocycles. The Hall–Kier alpha value is -1.93. The van der Waals surface area contributed by atoms with E-state index in [1.807, 2.05) is 74.5 Å². The summed E-state index contributed by atoms with van der Waals surface area (Å²) in [5.41, 5.74) is 1.11. The van der Waals surface area contributed by atoms with E-state index >= 15 is 0 Å². The number of Topliss-reactive ketones (excluding diaryl/α,β-unsaturated/α-hetero) is 1. The normalized spacial score (nSPS) is 15.0. The van der Waals surface area contributed by atoms with Crippen molar-refractivity contribution in [2.24, 2.45) is 0 Å². The first-order chi connectivity index (χ1) is 10.7. The first-order valence-electron chi connectivity index (χ1n) is 7.95. The van der Waals surface area contributed by atoms with E-state index in [4.69, 9.17) is 0 Å². The molecule has 0 fully saturated rings. The second-order valence-corrected chi connectivity index (χ2v) is 5.70. The minimum absolute atomic E-state index is 0.109. The second-order valence-electron chi connectivity index (χ2n) is 5.70. The van der Waals surface area contributed by atoms with Gasteiger partial charge in [-0.3, -0.25) is 4.79 Å². The summed E-state index contributed by atoms with van der Waals surface area (Å²) in [6.45, 7) is 3.84. The van der Waals surface area contributed by atoms with Crippen LogP contribution in [0.1, 0.15) is 43.7 Å². The monoisotopic (exact) mass is 296 g/mol. The molecule has 2 heteroatoms. The quantitative estimate of drug-likeness (QED) is 0.835. The van der Waals surface area contributed by atoms with E-state index in [1.165, 1.54) is 0 Å². The van der Waals surface area contributed by atoms with Crippen molar-refractivity contribution in [3.8, 4) is 0 Å². The van der Waals surface area contributed by atoms with Gasteiger partial charge in [-0.2, -0.15) is 0 Å². The highest BCUT2D eigenvalue weighted by Crippen LogP contribution is 2.36. The van der Waals surface area contributed by atoms with Gasteiger partial charge in [0.05, 0.1) is 12.0 Å². The van der Waals surface area contributed by atoms with E-state index in [-0.39, 0.29) is 18.3 Å². The van der Waals surface area contributed by atoms with Gasteiger partial charge in [-0.15, -0.1) is 0 Å². The average molecular weight is 296 g/mol. The SMILES string of the molecule is CC[C@@H](C(=O)[C@@](CC)(CO)c1ccccc1)c1ccccc1. The minimum atomic E-state index is -0.822.